The monoisotopic (exact) mass is 251 g/mol. The summed E-state index contributed by atoms with van der Waals surface area (Å²) in [5.41, 5.74) is 0.485. The number of aromatic nitrogens is 2. The highest BCUT2D eigenvalue weighted by molar-refractivity contribution is 5.40. The highest BCUT2D eigenvalue weighted by Crippen LogP contribution is 2.26. The largest absolute Gasteiger partial charge is 0.438 e. The van der Waals surface area contributed by atoms with Gasteiger partial charge in [0.2, 0.25) is 5.88 Å². The number of anilines is 1. The Hall–Kier alpha value is -2.24. The lowest BCUT2D eigenvalue weighted by Gasteiger charge is -2.08. The zero-order chi connectivity index (χ0) is 13.1. The van der Waals surface area contributed by atoms with Crippen LogP contribution in [-0.4, -0.2) is 17.0 Å². The Balaban J connectivity index is 2.30. The van der Waals surface area contributed by atoms with Gasteiger partial charge in [-0.15, -0.1) is 0 Å². The first-order valence-corrected chi connectivity index (χ1v) is 5.23. The first-order valence-electron chi connectivity index (χ1n) is 5.23. The van der Waals surface area contributed by atoms with Crippen LogP contribution < -0.4 is 10.1 Å². The molecule has 0 amide bonds. The maximum atomic E-state index is 13.1. The molecule has 0 atom stereocenters. The number of aryl methyl sites for hydroxylation is 1. The molecule has 1 aromatic heterocycles. The molecule has 0 bridgehead atoms. The van der Waals surface area contributed by atoms with Crippen LogP contribution in [0.3, 0.4) is 0 Å². The van der Waals surface area contributed by atoms with Crippen molar-refractivity contribution in [3.05, 3.63) is 41.7 Å². The van der Waals surface area contributed by atoms with Gasteiger partial charge in [0, 0.05) is 19.2 Å². The lowest BCUT2D eigenvalue weighted by molar-refractivity contribution is 0.443. The number of ether oxygens (including phenoxy) is 1. The van der Waals surface area contributed by atoms with E-state index in [0.717, 1.165) is 12.1 Å². The molecule has 0 fully saturated rings. The fourth-order valence-corrected chi connectivity index (χ4v) is 1.38. The van der Waals surface area contributed by atoms with Gasteiger partial charge < -0.3 is 10.1 Å². The summed E-state index contributed by atoms with van der Waals surface area (Å²) in [5, 5.41) is 2.82. The molecule has 0 radical (unpaired) electrons. The lowest BCUT2D eigenvalue weighted by atomic mass is 10.2. The summed E-state index contributed by atoms with van der Waals surface area (Å²) >= 11 is 0. The number of nitrogens with one attached hydrogen (secondary N) is 1. The van der Waals surface area contributed by atoms with Crippen molar-refractivity contribution in [2.24, 2.45) is 0 Å². The summed E-state index contributed by atoms with van der Waals surface area (Å²) in [6, 6.07) is 3.62. The van der Waals surface area contributed by atoms with Crippen LogP contribution in [0.4, 0.5) is 14.6 Å². The molecule has 0 unspecified atom stereocenters. The molecule has 1 N–H and O–H groups in total. The van der Waals surface area contributed by atoms with Gasteiger partial charge in [-0.3, -0.25) is 0 Å². The molecule has 2 aromatic rings. The highest BCUT2D eigenvalue weighted by atomic mass is 19.2. The predicted molar refractivity (Wildman–Crippen MR) is 62.7 cm³/mol. The topological polar surface area (TPSA) is 47.0 Å². The third kappa shape index (κ3) is 2.53. The maximum Gasteiger partial charge on any atom is 0.224 e. The molecule has 0 spiro atoms. The van der Waals surface area contributed by atoms with Gasteiger partial charge in [-0.2, -0.15) is 0 Å². The molecule has 18 heavy (non-hydrogen) atoms. The molecule has 0 saturated carbocycles. The third-order valence-corrected chi connectivity index (χ3v) is 2.33. The van der Waals surface area contributed by atoms with E-state index >= 15 is 0 Å². The molecule has 0 aliphatic rings. The van der Waals surface area contributed by atoms with Gasteiger partial charge >= 0.3 is 0 Å². The molecule has 1 aromatic carbocycles. The van der Waals surface area contributed by atoms with Gasteiger partial charge in [-0.05, 0) is 18.6 Å². The van der Waals surface area contributed by atoms with Crippen LogP contribution >= 0.6 is 0 Å². The maximum absolute atomic E-state index is 13.1. The lowest BCUT2D eigenvalue weighted by Crippen LogP contribution is -1.97. The molecule has 0 saturated heterocycles. The van der Waals surface area contributed by atoms with Crippen LogP contribution in [0.2, 0.25) is 0 Å². The van der Waals surface area contributed by atoms with E-state index in [1.54, 1.807) is 20.0 Å². The zero-order valence-corrected chi connectivity index (χ0v) is 9.87. The molecule has 2 rings (SSSR count). The SMILES string of the molecule is CNc1cc(Oc2cc(F)c(F)cc2C)ncn1. The summed E-state index contributed by atoms with van der Waals surface area (Å²) < 4.78 is 31.4. The van der Waals surface area contributed by atoms with Crippen molar-refractivity contribution in [2.75, 3.05) is 12.4 Å². The summed E-state index contributed by atoms with van der Waals surface area (Å²) in [4.78, 5) is 7.80. The second kappa shape index (κ2) is 4.95. The van der Waals surface area contributed by atoms with Crippen molar-refractivity contribution < 1.29 is 13.5 Å². The molecule has 1 heterocycles. The molecular weight excluding hydrogens is 240 g/mol. The van der Waals surface area contributed by atoms with Crippen molar-refractivity contribution in [1.82, 2.24) is 9.97 Å². The fraction of sp³-hybridized carbons (Fsp3) is 0.167. The van der Waals surface area contributed by atoms with E-state index in [4.69, 9.17) is 4.74 Å². The van der Waals surface area contributed by atoms with Crippen LogP contribution in [0.15, 0.2) is 24.5 Å². The third-order valence-electron chi connectivity index (χ3n) is 2.33. The number of hydrogen-bond acceptors (Lipinski definition) is 4. The van der Waals surface area contributed by atoms with E-state index in [0.29, 0.717) is 11.4 Å². The normalized spacial score (nSPS) is 10.2. The van der Waals surface area contributed by atoms with Gasteiger partial charge in [0.1, 0.15) is 17.9 Å². The molecule has 0 aliphatic heterocycles. The van der Waals surface area contributed by atoms with Crippen LogP contribution in [0, 0.1) is 18.6 Å². The van der Waals surface area contributed by atoms with E-state index in [1.165, 1.54) is 6.33 Å². The minimum Gasteiger partial charge on any atom is -0.438 e. The number of benzene rings is 1. The van der Waals surface area contributed by atoms with Crippen molar-refractivity contribution in [2.45, 2.75) is 6.92 Å². The standard InChI is InChI=1S/C12H11F2N3O/c1-7-3-8(13)9(14)4-10(7)18-12-5-11(15-2)16-6-17-12/h3-6H,1-2H3,(H,15,16,17). The van der Waals surface area contributed by atoms with Gasteiger partial charge in [-0.1, -0.05) is 0 Å². The number of rotatable bonds is 3. The van der Waals surface area contributed by atoms with Gasteiger partial charge in [0.15, 0.2) is 11.6 Å². The second-order valence-corrected chi connectivity index (χ2v) is 3.63. The van der Waals surface area contributed by atoms with Crippen LogP contribution in [0.25, 0.3) is 0 Å². The number of hydrogen-bond donors (Lipinski definition) is 1. The Morgan fingerprint density at radius 3 is 2.56 bits per heavy atom. The Labute approximate surface area is 103 Å². The Kier molecular flexibility index (Phi) is 3.36. The predicted octanol–water partition coefficient (Wildman–Crippen LogP) is 2.90. The summed E-state index contributed by atoms with van der Waals surface area (Å²) in [6.07, 6.45) is 1.32. The van der Waals surface area contributed by atoms with Crippen LogP contribution in [0.1, 0.15) is 5.56 Å². The first-order chi connectivity index (χ1) is 8.60. The van der Waals surface area contributed by atoms with Crippen molar-refractivity contribution >= 4 is 5.82 Å². The smallest absolute Gasteiger partial charge is 0.224 e. The minimum absolute atomic E-state index is 0.217. The van der Waals surface area contributed by atoms with Crippen molar-refractivity contribution in [1.29, 1.82) is 0 Å². The zero-order valence-electron chi connectivity index (χ0n) is 9.87. The molecule has 6 heteroatoms. The second-order valence-electron chi connectivity index (χ2n) is 3.63. The number of nitrogens with zero attached hydrogens (tertiary/aromatic N) is 2. The molecule has 4 nitrogen and oxygen atoms in total. The summed E-state index contributed by atoms with van der Waals surface area (Å²) in [5.74, 6) is -0.824. The molecule has 0 aliphatic carbocycles. The van der Waals surface area contributed by atoms with Crippen molar-refractivity contribution in [3.8, 4) is 11.6 Å². The van der Waals surface area contributed by atoms with Gasteiger partial charge in [0.05, 0.1) is 0 Å². The van der Waals surface area contributed by atoms with E-state index in [-0.39, 0.29) is 11.6 Å². The molecular formula is C12H11F2N3O. The van der Waals surface area contributed by atoms with E-state index in [2.05, 4.69) is 15.3 Å². The summed E-state index contributed by atoms with van der Waals surface area (Å²) in [6.45, 7) is 1.62. The minimum atomic E-state index is -0.960. The quantitative estimate of drug-likeness (QED) is 0.911. The van der Waals surface area contributed by atoms with E-state index < -0.39 is 11.6 Å². The number of halogens is 2. The Bertz CT molecular complexity index is 575. The Morgan fingerprint density at radius 2 is 1.83 bits per heavy atom. The average molecular weight is 251 g/mol. The van der Waals surface area contributed by atoms with E-state index in [9.17, 15) is 8.78 Å². The van der Waals surface area contributed by atoms with Gasteiger partial charge in [-0.25, -0.2) is 18.7 Å². The first kappa shape index (κ1) is 12.2. The Morgan fingerprint density at radius 1 is 1.11 bits per heavy atom. The molecule has 94 valence electrons. The van der Waals surface area contributed by atoms with Crippen molar-refractivity contribution in [3.63, 3.8) is 0 Å². The fourth-order valence-electron chi connectivity index (χ4n) is 1.38. The highest BCUT2D eigenvalue weighted by Gasteiger charge is 2.09. The van der Waals surface area contributed by atoms with E-state index in [1.807, 2.05) is 0 Å². The van der Waals surface area contributed by atoms with Crippen LogP contribution in [0.5, 0.6) is 11.6 Å². The summed E-state index contributed by atoms with van der Waals surface area (Å²) in [7, 11) is 1.70. The van der Waals surface area contributed by atoms with Crippen LogP contribution in [-0.2, 0) is 0 Å². The van der Waals surface area contributed by atoms with Gasteiger partial charge in [0.25, 0.3) is 0 Å². The average Bonchev–Trinajstić information content (AvgIpc) is 2.36.